The summed E-state index contributed by atoms with van der Waals surface area (Å²) < 4.78 is 0.662. The van der Waals surface area contributed by atoms with Crippen molar-refractivity contribution in [1.82, 2.24) is 0 Å². The third kappa shape index (κ3) is 3.57. The molecule has 2 N–H and O–H groups in total. The van der Waals surface area contributed by atoms with E-state index in [2.05, 4.69) is 21.2 Å². The Hall–Kier alpha value is -1.36. The molecule has 1 amide bonds. The molecule has 1 aromatic carbocycles. The zero-order chi connectivity index (χ0) is 13.9. The van der Waals surface area contributed by atoms with Crippen molar-refractivity contribution >= 4 is 33.5 Å². The lowest BCUT2D eigenvalue weighted by Gasteiger charge is -2.16. The molecule has 0 aliphatic carbocycles. The van der Waals surface area contributed by atoms with Crippen LogP contribution in [0.1, 0.15) is 31.1 Å². The molecule has 0 bridgehead atoms. The maximum absolute atomic E-state index is 11.9. The second-order valence-electron chi connectivity index (χ2n) is 4.52. The second kappa shape index (κ2) is 6.00. The summed E-state index contributed by atoms with van der Waals surface area (Å²) in [7, 11) is 0. The van der Waals surface area contributed by atoms with Gasteiger partial charge in [-0.2, -0.15) is 0 Å². The topological polar surface area (TPSA) is 66.4 Å². The first-order valence-electron chi connectivity index (χ1n) is 5.66. The fraction of sp³-hybridized carbons (Fsp3) is 0.385. The van der Waals surface area contributed by atoms with E-state index in [4.69, 9.17) is 5.11 Å². The minimum atomic E-state index is -1.07. The highest BCUT2D eigenvalue weighted by molar-refractivity contribution is 9.10. The van der Waals surface area contributed by atoms with Gasteiger partial charge in [0.05, 0.1) is 11.3 Å². The summed E-state index contributed by atoms with van der Waals surface area (Å²) in [6.45, 7) is 5.72. The van der Waals surface area contributed by atoms with Crippen LogP contribution in [-0.2, 0) is 4.79 Å². The van der Waals surface area contributed by atoms with Gasteiger partial charge in [0.15, 0.2) is 0 Å². The Morgan fingerprint density at radius 2 is 1.89 bits per heavy atom. The second-order valence-corrected chi connectivity index (χ2v) is 5.43. The molecular formula is C13H16BrNO3. The van der Waals surface area contributed by atoms with Crippen molar-refractivity contribution in [1.29, 1.82) is 0 Å². The molecule has 0 aliphatic rings. The number of aromatic carboxylic acids is 1. The van der Waals surface area contributed by atoms with Crippen LogP contribution < -0.4 is 5.32 Å². The number of rotatable bonds is 4. The Balaban J connectivity index is 2.98. The molecule has 1 unspecified atom stereocenters. The highest BCUT2D eigenvalue weighted by Crippen LogP contribution is 2.22. The van der Waals surface area contributed by atoms with Crippen LogP contribution in [0.4, 0.5) is 5.69 Å². The van der Waals surface area contributed by atoms with Crippen LogP contribution in [0.5, 0.6) is 0 Å². The molecule has 0 heterocycles. The first-order valence-corrected chi connectivity index (χ1v) is 6.46. The molecule has 1 atom stereocenters. The van der Waals surface area contributed by atoms with E-state index in [1.165, 1.54) is 6.07 Å². The molecule has 5 heteroatoms. The van der Waals surface area contributed by atoms with Gasteiger partial charge in [0.2, 0.25) is 5.91 Å². The van der Waals surface area contributed by atoms with Gasteiger partial charge < -0.3 is 10.4 Å². The van der Waals surface area contributed by atoms with Gasteiger partial charge in [-0.15, -0.1) is 0 Å². The number of hydrogen-bond donors (Lipinski definition) is 2. The number of carbonyl (C=O) groups excluding carboxylic acids is 1. The maximum atomic E-state index is 11.9. The van der Waals surface area contributed by atoms with E-state index in [9.17, 15) is 9.59 Å². The van der Waals surface area contributed by atoms with Crippen molar-refractivity contribution in [3.63, 3.8) is 0 Å². The fourth-order valence-corrected chi connectivity index (χ4v) is 1.71. The summed E-state index contributed by atoms with van der Waals surface area (Å²) in [5.74, 6) is -1.21. The first kappa shape index (κ1) is 14.7. The van der Waals surface area contributed by atoms with E-state index in [1.54, 1.807) is 12.1 Å². The number of anilines is 1. The molecule has 0 spiro atoms. The van der Waals surface area contributed by atoms with Crippen LogP contribution in [0, 0.1) is 11.8 Å². The van der Waals surface area contributed by atoms with Crippen molar-refractivity contribution in [3.05, 3.63) is 28.2 Å². The van der Waals surface area contributed by atoms with E-state index in [0.717, 1.165) is 0 Å². The van der Waals surface area contributed by atoms with Gasteiger partial charge in [-0.3, -0.25) is 4.79 Å². The summed E-state index contributed by atoms with van der Waals surface area (Å²) in [5.41, 5.74) is 0.400. The molecular weight excluding hydrogens is 298 g/mol. The lowest BCUT2D eigenvalue weighted by molar-refractivity contribution is -0.120. The van der Waals surface area contributed by atoms with E-state index in [-0.39, 0.29) is 23.3 Å². The van der Waals surface area contributed by atoms with Crippen LogP contribution in [0.25, 0.3) is 0 Å². The summed E-state index contributed by atoms with van der Waals surface area (Å²) in [6, 6.07) is 4.75. The molecule has 4 nitrogen and oxygen atoms in total. The normalized spacial score (nSPS) is 12.3. The van der Waals surface area contributed by atoms with Gasteiger partial charge in [-0.05, 0) is 24.1 Å². The average molecular weight is 314 g/mol. The number of carbonyl (C=O) groups is 2. The molecule has 0 radical (unpaired) electrons. The molecule has 0 fully saturated rings. The summed E-state index contributed by atoms with van der Waals surface area (Å²) in [6.07, 6.45) is 0. The zero-order valence-corrected chi connectivity index (χ0v) is 12.1. The predicted molar refractivity (Wildman–Crippen MR) is 73.7 cm³/mol. The standard InChI is InChI=1S/C13H16BrNO3/c1-7(2)8(3)12(16)15-11-5-4-9(14)6-10(11)13(17)18/h4-8H,1-3H3,(H,15,16)(H,17,18). The number of benzene rings is 1. The Labute approximate surface area is 115 Å². The Morgan fingerprint density at radius 1 is 1.28 bits per heavy atom. The molecule has 1 rings (SSSR count). The third-order valence-electron chi connectivity index (χ3n) is 2.88. The van der Waals surface area contributed by atoms with Gasteiger partial charge in [-0.25, -0.2) is 4.79 Å². The summed E-state index contributed by atoms with van der Waals surface area (Å²) in [4.78, 5) is 23.0. The fourth-order valence-electron chi connectivity index (χ4n) is 1.35. The van der Waals surface area contributed by atoms with Gasteiger partial charge in [0, 0.05) is 10.4 Å². The number of amides is 1. The summed E-state index contributed by atoms with van der Waals surface area (Å²) >= 11 is 3.21. The molecule has 0 aliphatic heterocycles. The predicted octanol–water partition coefficient (Wildman–Crippen LogP) is 3.38. The van der Waals surface area contributed by atoms with Gasteiger partial charge >= 0.3 is 5.97 Å². The Morgan fingerprint density at radius 3 is 2.39 bits per heavy atom. The van der Waals surface area contributed by atoms with Crippen molar-refractivity contribution in [2.24, 2.45) is 11.8 Å². The van der Waals surface area contributed by atoms with E-state index in [0.29, 0.717) is 10.2 Å². The van der Waals surface area contributed by atoms with Crippen molar-refractivity contribution in [2.45, 2.75) is 20.8 Å². The molecule has 98 valence electrons. The number of carboxylic acids is 1. The molecule has 1 aromatic rings. The lowest BCUT2D eigenvalue weighted by atomic mass is 9.97. The first-order chi connectivity index (χ1) is 8.32. The number of hydrogen-bond acceptors (Lipinski definition) is 2. The number of nitrogens with one attached hydrogen (secondary N) is 1. The van der Waals surface area contributed by atoms with Crippen LogP contribution in [-0.4, -0.2) is 17.0 Å². The quantitative estimate of drug-likeness (QED) is 0.895. The van der Waals surface area contributed by atoms with E-state index >= 15 is 0 Å². The highest BCUT2D eigenvalue weighted by Gasteiger charge is 2.19. The lowest BCUT2D eigenvalue weighted by Crippen LogP contribution is -2.25. The van der Waals surface area contributed by atoms with Crippen molar-refractivity contribution in [2.75, 3.05) is 5.32 Å². The number of carboxylic acid groups (broad SMARTS) is 1. The minimum Gasteiger partial charge on any atom is -0.478 e. The van der Waals surface area contributed by atoms with Crippen LogP contribution in [0.3, 0.4) is 0 Å². The van der Waals surface area contributed by atoms with Gasteiger partial charge in [-0.1, -0.05) is 36.7 Å². The largest absolute Gasteiger partial charge is 0.478 e. The SMILES string of the molecule is CC(C)C(C)C(=O)Nc1ccc(Br)cc1C(=O)O. The maximum Gasteiger partial charge on any atom is 0.337 e. The average Bonchev–Trinajstić information content (AvgIpc) is 2.29. The zero-order valence-electron chi connectivity index (χ0n) is 10.5. The molecule has 0 saturated heterocycles. The summed E-state index contributed by atoms with van der Waals surface area (Å²) in [5, 5.41) is 11.7. The molecule has 0 saturated carbocycles. The van der Waals surface area contributed by atoms with Gasteiger partial charge in [0.25, 0.3) is 0 Å². The molecule has 0 aromatic heterocycles. The monoisotopic (exact) mass is 313 g/mol. The smallest absolute Gasteiger partial charge is 0.337 e. The minimum absolute atomic E-state index is 0.0775. The van der Waals surface area contributed by atoms with Crippen LogP contribution in [0.15, 0.2) is 22.7 Å². The van der Waals surface area contributed by atoms with Crippen LogP contribution >= 0.6 is 15.9 Å². The van der Waals surface area contributed by atoms with Crippen molar-refractivity contribution < 1.29 is 14.7 Å². The van der Waals surface area contributed by atoms with E-state index < -0.39 is 5.97 Å². The van der Waals surface area contributed by atoms with E-state index in [1.807, 2.05) is 20.8 Å². The Bertz CT molecular complexity index is 471. The highest BCUT2D eigenvalue weighted by atomic mass is 79.9. The molecule has 18 heavy (non-hydrogen) atoms. The van der Waals surface area contributed by atoms with Crippen molar-refractivity contribution in [3.8, 4) is 0 Å². The van der Waals surface area contributed by atoms with Gasteiger partial charge in [0.1, 0.15) is 0 Å². The Kier molecular flexibility index (Phi) is 4.90. The third-order valence-corrected chi connectivity index (χ3v) is 3.38. The van der Waals surface area contributed by atoms with Crippen LogP contribution in [0.2, 0.25) is 0 Å². The number of halogens is 1.